The van der Waals surface area contributed by atoms with Gasteiger partial charge in [0, 0.05) is 5.75 Å². The molecule has 6 heteroatoms. The summed E-state index contributed by atoms with van der Waals surface area (Å²) < 4.78 is 1.67. The van der Waals surface area contributed by atoms with Gasteiger partial charge in [-0.25, -0.2) is 0 Å². The third-order valence-electron chi connectivity index (χ3n) is 2.08. The number of aromatic hydroxyl groups is 1. The topological polar surface area (TPSA) is 63.8 Å². The van der Waals surface area contributed by atoms with Crippen molar-refractivity contribution in [2.45, 2.75) is 19.0 Å². The molecule has 0 radical (unpaired) electrons. The van der Waals surface area contributed by atoms with Crippen LogP contribution in [-0.2, 0) is 0 Å². The van der Waals surface area contributed by atoms with Gasteiger partial charge in [0.15, 0.2) is 0 Å². The summed E-state index contributed by atoms with van der Waals surface area (Å²) in [5.41, 5.74) is 0.846. The molecule has 1 N–H and O–H groups in total. The van der Waals surface area contributed by atoms with Gasteiger partial charge in [0.25, 0.3) is 0 Å². The molecule has 0 aliphatic rings. The molecule has 0 spiro atoms. The van der Waals surface area contributed by atoms with E-state index in [2.05, 4.69) is 29.4 Å². The highest BCUT2D eigenvalue weighted by Crippen LogP contribution is 2.21. The van der Waals surface area contributed by atoms with E-state index in [1.807, 2.05) is 0 Å². The van der Waals surface area contributed by atoms with Crippen LogP contribution in [0.4, 0.5) is 0 Å². The first kappa shape index (κ1) is 11.9. The lowest BCUT2D eigenvalue weighted by molar-refractivity contribution is 0.475. The van der Waals surface area contributed by atoms with Crippen molar-refractivity contribution in [2.24, 2.45) is 5.92 Å². The molecular weight excluding hydrogens is 236 g/mol. The number of hydrogen-bond acceptors (Lipinski definition) is 5. The Morgan fingerprint density at radius 2 is 2.00 bits per heavy atom. The Bertz CT molecular complexity index is 480. The smallest absolute Gasteiger partial charge is 0.214 e. The molecule has 1 aromatic carbocycles. The van der Waals surface area contributed by atoms with Crippen molar-refractivity contribution in [2.75, 3.05) is 5.75 Å². The fourth-order valence-corrected chi connectivity index (χ4v) is 2.11. The van der Waals surface area contributed by atoms with Crippen LogP contribution in [0.5, 0.6) is 5.75 Å². The summed E-state index contributed by atoms with van der Waals surface area (Å²) in [7, 11) is 0. The zero-order valence-corrected chi connectivity index (χ0v) is 10.6. The van der Waals surface area contributed by atoms with Gasteiger partial charge < -0.3 is 5.11 Å². The lowest BCUT2D eigenvalue weighted by atomic mass is 10.3. The summed E-state index contributed by atoms with van der Waals surface area (Å²) >= 11 is 1.63. The van der Waals surface area contributed by atoms with Crippen molar-refractivity contribution in [3.05, 3.63) is 24.3 Å². The van der Waals surface area contributed by atoms with Gasteiger partial charge in [-0.2, -0.15) is 4.68 Å². The molecule has 0 aliphatic carbocycles. The average molecular weight is 250 g/mol. The van der Waals surface area contributed by atoms with Crippen molar-refractivity contribution in [3.8, 4) is 11.4 Å². The van der Waals surface area contributed by atoms with Crippen LogP contribution in [0.3, 0.4) is 0 Å². The summed E-state index contributed by atoms with van der Waals surface area (Å²) in [5, 5.41) is 21.6. The minimum absolute atomic E-state index is 0.234. The Morgan fingerprint density at radius 3 is 2.65 bits per heavy atom. The summed E-state index contributed by atoms with van der Waals surface area (Å²) in [6, 6.07) is 6.80. The molecule has 17 heavy (non-hydrogen) atoms. The minimum Gasteiger partial charge on any atom is -0.508 e. The van der Waals surface area contributed by atoms with Gasteiger partial charge >= 0.3 is 0 Å². The number of benzene rings is 1. The van der Waals surface area contributed by atoms with E-state index in [4.69, 9.17) is 0 Å². The highest BCUT2D eigenvalue weighted by molar-refractivity contribution is 7.99. The molecule has 0 atom stereocenters. The predicted molar refractivity (Wildman–Crippen MR) is 66.4 cm³/mol. The van der Waals surface area contributed by atoms with Gasteiger partial charge in [0.05, 0.1) is 5.69 Å². The standard InChI is InChI=1S/C11H14N4OS/c1-8(2)7-17-11-12-13-14-15(11)9-3-5-10(16)6-4-9/h3-6,8,16H,7H2,1-2H3. The molecule has 0 aliphatic heterocycles. The van der Waals surface area contributed by atoms with Crippen molar-refractivity contribution in [1.29, 1.82) is 0 Å². The molecule has 2 aromatic rings. The summed E-state index contributed by atoms with van der Waals surface area (Å²) in [6.45, 7) is 4.31. The number of aromatic nitrogens is 4. The van der Waals surface area contributed by atoms with Crippen LogP contribution in [0.2, 0.25) is 0 Å². The summed E-state index contributed by atoms with van der Waals surface area (Å²) in [5.74, 6) is 1.79. The highest BCUT2D eigenvalue weighted by Gasteiger charge is 2.09. The fourth-order valence-electron chi connectivity index (χ4n) is 1.27. The molecule has 90 valence electrons. The molecule has 2 rings (SSSR count). The molecule has 0 saturated carbocycles. The lowest BCUT2D eigenvalue weighted by Gasteiger charge is -2.05. The van der Waals surface area contributed by atoms with Gasteiger partial charge in [-0.15, -0.1) is 5.10 Å². The Kier molecular flexibility index (Phi) is 3.63. The molecular formula is C11H14N4OS. The second-order valence-corrected chi connectivity index (χ2v) is 5.08. The Balaban J connectivity index is 2.21. The monoisotopic (exact) mass is 250 g/mol. The first-order chi connectivity index (χ1) is 8.16. The first-order valence-electron chi connectivity index (χ1n) is 5.37. The normalized spacial score (nSPS) is 11.0. The van der Waals surface area contributed by atoms with Crippen LogP contribution in [0.25, 0.3) is 5.69 Å². The summed E-state index contributed by atoms with van der Waals surface area (Å²) in [6.07, 6.45) is 0. The second-order valence-electron chi connectivity index (χ2n) is 4.09. The van der Waals surface area contributed by atoms with Gasteiger partial charge in [-0.3, -0.25) is 0 Å². The van der Waals surface area contributed by atoms with Crippen LogP contribution in [0.1, 0.15) is 13.8 Å². The molecule has 1 aromatic heterocycles. The zero-order chi connectivity index (χ0) is 12.3. The lowest BCUT2D eigenvalue weighted by Crippen LogP contribution is -2.00. The van der Waals surface area contributed by atoms with Crippen molar-refractivity contribution in [1.82, 2.24) is 20.2 Å². The molecule has 0 amide bonds. The van der Waals surface area contributed by atoms with Crippen LogP contribution >= 0.6 is 11.8 Å². The maximum absolute atomic E-state index is 9.23. The number of thioether (sulfide) groups is 1. The van der Waals surface area contributed by atoms with Gasteiger partial charge in [-0.05, 0) is 40.6 Å². The third kappa shape index (κ3) is 2.97. The predicted octanol–water partition coefficient (Wildman–Crippen LogP) is 2.12. The van der Waals surface area contributed by atoms with Gasteiger partial charge in [0.1, 0.15) is 5.75 Å². The Morgan fingerprint density at radius 1 is 1.29 bits per heavy atom. The number of phenolic OH excluding ortho intramolecular Hbond substituents is 1. The number of phenols is 1. The largest absolute Gasteiger partial charge is 0.508 e. The quantitative estimate of drug-likeness (QED) is 0.842. The first-order valence-corrected chi connectivity index (χ1v) is 6.36. The van der Waals surface area contributed by atoms with Crippen LogP contribution in [0.15, 0.2) is 29.4 Å². The highest BCUT2D eigenvalue weighted by atomic mass is 32.2. The second kappa shape index (κ2) is 5.18. The van der Waals surface area contributed by atoms with E-state index in [9.17, 15) is 5.11 Å². The Labute approximate surface area is 104 Å². The van der Waals surface area contributed by atoms with E-state index in [1.54, 1.807) is 40.7 Å². The Hall–Kier alpha value is -1.56. The van der Waals surface area contributed by atoms with Crippen LogP contribution in [0, 0.1) is 5.92 Å². The number of nitrogens with zero attached hydrogens (tertiary/aromatic N) is 4. The number of tetrazole rings is 1. The summed E-state index contributed by atoms with van der Waals surface area (Å²) in [4.78, 5) is 0. The van der Waals surface area contributed by atoms with E-state index in [0.29, 0.717) is 5.92 Å². The number of hydrogen-bond donors (Lipinski definition) is 1. The van der Waals surface area contributed by atoms with Gasteiger partial charge in [0.2, 0.25) is 5.16 Å². The SMILES string of the molecule is CC(C)CSc1nnnn1-c1ccc(O)cc1. The minimum atomic E-state index is 0.234. The maximum atomic E-state index is 9.23. The average Bonchev–Trinajstić information content (AvgIpc) is 2.75. The van der Waals surface area contributed by atoms with Crippen LogP contribution < -0.4 is 0 Å². The van der Waals surface area contributed by atoms with E-state index in [1.165, 1.54) is 0 Å². The van der Waals surface area contributed by atoms with Crippen molar-refractivity contribution >= 4 is 11.8 Å². The molecule has 0 unspecified atom stereocenters. The van der Waals surface area contributed by atoms with Crippen molar-refractivity contribution < 1.29 is 5.11 Å². The fraction of sp³-hybridized carbons (Fsp3) is 0.364. The van der Waals surface area contributed by atoms with E-state index >= 15 is 0 Å². The van der Waals surface area contributed by atoms with E-state index in [0.717, 1.165) is 16.6 Å². The van der Waals surface area contributed by atoms with E-state index in [-0.39, 0.29) is 5.75 Å². The molecule has 5 nitrogen and oxygen atoms in total. The molecule has 0 fully saturated rings. The molecule has 0 saturated heterocycles. The molecule has 0 bridgehead atoms. The number of rotatable bonds is 4. The van der Waals surface area contributed by atoms with Crippen LogP contribution in [-0.4, -0.2) is 31.1 Å². The third-order valence-corrected chi connectivity index (χ3v) is 3.43. The van der Waals surface area contributed by atoms with Crippen molar-refractivity contribution in [3.63, 3.8) is 0 Å². The molecule has 1 heterocycles. The van der Waals surface area contributed by atoms with E-state index < -0.39 is 0 Å². The maximum Gasteiger partial charge on any atom is 0.214 e. The zero-order valence-electron chi connectivity index (χ0n) is 9.74. The van der Waals surface area contributed by atoms with Gasteiger partial charge in [-0.1, -0.05) is 25.6 Å².